The number of ether oxygens (including phenoxy) is 2. The highest BCUT2D eigenvalue weighted by Crippen LogP contribution is 2.50. The molecule has 3 heterocycles. The lowest BCUT2D eigenvalue weighted by Gasteiger charge is -2.24. The van der Waals surface area contributed by atoms with Crippen LogP contribution in [0.2, 0.25) is 0 Å². The van der Waals surface area contributed by atoms with Gasteiger partial charge in [0.05, 0.1) is 37.2 Å². The van der Waals surface area contributed by atoms with Gasteiger partial charge in [0.25, 0.3) is 5.56 Å². The van der Waals surface area contributed by atoms with Crippen molar-refractivity contribution >= 4 is 30.7 Å². The second kappa shape index (κ2) is 11.0. The summed E-state index contributed by atoms with van der Waals surface area (Å²) in [5.74, 6) is -1.07. The van der Waals surface area contributed by atoms with Gasteiger partial charge >= 0.3 is 13.6 Å². The second-order valence-corrected chi connectivity index (χ2v) is 11.1. The highest BCUT2D eigenvalue weighted by molar-refractivity contribution is 7.54. The Balaban J connectivity index is 1.48. The minimum Gasteiger partial charge on any atom is -0.463 e. The Labute approximate surface area is 212 Å². The molecule has 4 N–H and O–H groups in total. The molecule has 0 amide bonds. The van der Waals surface area contributed by atoms with Crippen LogP contribution < -0.4 is 15.8 Å². The molecule has 1 aromatic carbocycles. The van der Waals surface area contributed by atoms with Crippen molar-refractivity contribution in [3.05, 3.63) is 47.0 Å². The SMILES string of the molecule is CC(C)OC(=O)[C@H](C)CP(=O)(OC[C@H]1O[C@@H](n2cnc3c(=O)[nH]c(N)nc32)C[C@H]1O)Oc1ccccc1. The van der Waals surface area contributed by atoms with Crippen LogP contribution in [0.25, 0.3) is 11.2 Å². The fourth-order valence-electron chi connectivity index (χ4n) is 3.89. The fraction of sp³-hybridized carbons (Fsp3) is 0.478. The molecule has 37 heavy (non-hydrogen) atoms. The Morgan fingerprint density at radius 3 is 2.76 bits per heavy atom. The van der Waals surface area contributed by atoms with Gasteiger partial charge in [-0.05, 0) is 26.0 Å². The van der Waals surface area contributed by atoms with Crippen LogP contribution in [0.4, 0.5) is 5.95 Å². The summed E-state index contributed by atoms with van der Waals surface area (Å²) in [6, 6.07) is 8.45. The minimum atomic E-state index is -3.89. The van der Waals surface area contributed by atoms with Gasteiger partial charge < -0.3 is 24.8 Å². The fourth-order valence-corrected chi connectivity index (χ4v) is 5.76. The second-order valence-electron chi connectivity index (χ2n) is 9.09. The lowest BCUT2D eigenvalue weighted by molar-refractivity contribution is -0.151. The summed E-state index contributed by atoms with van der Waals surface area (Å²) in [5.41, 5.74) is 5.44. The number of para-hydroxylation sites is 1. The van der Waals surface area contributed by atoms with Crippen LogP contribution in [0.3, 0.4) is 0 Å². The highest BCUT2D eigenvalue weighted by atomic mass is 31.2. The van der Waals surface area contributed by atoms with Crippen molar-refractivity contribution < 1.29 is 33.0 Å². The van der Waals surface area contributed by atoms with Gasteiger partial charge in [-0.1, -0.05) is 25.1 Å². The van der Waals surface area contributed by atoms with Crippen molar-refractivity contribution in [2.24, 2.45) is 5.92 Å². The number of esters is 1. The Morgan fingerprint density at radius 2 is 2.05 bits per heavy atom. The van der Waals surface area contributed by atoms with Crippen molar-refractivity contribution in [1.82, 2.24) is 19.5 Å². The zero-order chi connectivity index (χ0) is 26.7. The molecule has 1 saturated heterocycles. The number of nitrogens with one attached hydrogen (secondary N) is 1. The number of nitrogens with two attached hydrogens (primary N) is 1. The van der Waals surface area contributed by atoms with Gasteiger partial charge in [-0.3, -0.25) is 23.7 Å². The van der Waals surface area contributed by atoms with E-state index in [0.29, 0.717) is 5.75 Å². The first-order chi connectivity index (χ1) is 17.5. The van der Waals surface area contributed by atoms with Crippen LogP contribution >= 0.6 is 7.60 Å². The maximum Gasteiger partial charge on any atom is 0.380 e. The number of carbonyl (C=O) groups excluding carboxylic acids is 1. The molecule has 14 heteroatoms. The molecular formula is C23H30N5O8P. The summed E-state index contributed by atoms with van der Waals surface area (Å²) in [7, 11) is -3.89. The van der Waals surface area contributed by atoms with Gasteiger partial charge in [0, 0.05) is 6.42 Å². The van der Waals surface area contributed by atoms with E-state index in [0.717, 1.165) is 0 Å². The van der Waals surface area contributed by atoms with Crippen molar-refractivity contribution in [3.63, 3.8) is 0 Å². The first-order valence-electron chi connectivity index (χ1n) is 11.8. The molecule has 0 radical (unpaired) electrons. The average molecular weight is 535 g/mol. The third kappa shape index (κ3) is 6.37. The smallest absolute Gasteiger partial charge is 0.380 e. The van der Waals surface area contributed by atoms with E-state index in [1.807, 2.05) is 0 Å². The number of anilines is 1. The Hall–Kier alpha value is -3.25. The largest absolute Gasteiger partial charge is 0.463 e. The third-order valence-corrected chi connectivity index (χ3v) is 7.67. The predicted octanol–water partition coefficient (Wildman–Crippen LogP) is 2.23. The van der Waals surface area contributed by atoms with Crippen molar-refractivity contribution in [2.75, 3.05) is 18.5 Å². The van der Waals surface area contributed by atoms with Crippen LogP contribution in [-0.2, 0) is 23.4 Å². The van der Waals surface area contributed by atoms with E-state index in [9.17, 15) is 19.3 Å². The van der Waals surface area contributed by atoms with Crippen LogP contribution in [0.15, 0.2) is 41.5 Å². The summed E-state index contributed by atoms with van der Waals surface area (Å²) in [5, 5.41) is 10.6. The van der Waals surface area contributed by atoms with E-state index in [2.05, 4.69) is 15.0 Å². The molecule has 5 atom stereocenters. The number of aromatic amines is 1. The molecule has 2 aromatic heterocycles. The standard InChI is InChI=1S/C23H30N5O8P/c1-13(2)34-22(31)14(3)11-37(32,36-15-7-5-4-6-8-15)33-10-17-16(29)9-18(35-17)28-12-25-19-20(28)26-23(24)27-21(19)30/h4-8,12-14,16-18,29H,9-11H2,1-3H3,(H3,24,26,27,30)/t14-,16-,17-,18-,37?/m1/s1. The zero-order valence-electron chi connectivity index (χ0n) is 20.6. The molecule has 0 aliphatic carbocycles. The maximum atomic E-state index is 13.7. The number of aromatic nitrogens is 4. The lowest BCUT2D eigenvalue weighted by Crippen LogP contribution is -2.28. The van der Waals surface area contributed by atoms with E-state index in [-0.39, 0.29) is 42.4 Å². The molecule has 200 valence electrons. The Morgan fingerprint density at radius 1 is 1.32 bits per heavy atom. The number of aliphatic hydroxyl groups excluding tert-OH is 1. The number of hydrogen-bond acceptors (Lipinski definition) is 11. The van der Waals surface area contributed by atoms with Crippen molar-refractivity contribution in [3.8, 4) is 5.75 Å². The third-order valence-electron chi connectivity index (χ3n) is 5.64. The molecule has 0 spiro atoms. The molecule has 3 aromatic rings. The number of nitrogens with zero attached hydrogens (tertiary/aromatic N) is 3. The van der Waals surface area contributed by atoms with Gasteiger partial charge in [0.1, 0.15) is 18.1 Å². The molecule has 0 saturated carbocycles. The van der Waals surface area contributed by atoms with E-state index < -0.39 is 43.5 Å². The van der Waals surface area contributed by atoms with E-state index in [1.165, 1.54) is 10.9 Å². The maximum absolute atomic E-state index is 13.7. The summed E-state index contributed by atoms with van der Waals surface area (Å²) in [6.45, 7) is 4.74. The number of rotatable bonds is 10. The van der Waals surface area contributed by atoms with Crippen molar-refractivity contribution in [1.29, 1.82) is 0 Å². The van der Waals surface area contributed by atoms with E-state index in [1.54, 1.807) is 51.1 Å². The summed E-state index contributed by atoms with van der Waals surface area (Å²) >= 11 is 0. The molecule has 1 unspecified atom stereocenters. The lowest BCUT2D eigenvalue weighted by atomic mass is 10.2. The summed E-state index contributed by atoms with van der Waals surface area (Å²) < 4.78 is 37.9. The van der Waals surface area contributed by atoms with Crippen LogP contribution in [0.1, 0.15) is 33.4 Å². The number of hydrogen-bond donors (Lipinski definition) is 3. The Kier molecular flexibility index (Phi) is 7.98. The highest BCUT2D eigenvalue weighted by Gasteiger charge is 2.40. The molecule has 0 bridgehead atoms. The van der Waals surface area contributed by atoms with Gasteiger partial charge in [-0.25, -0.2) is 9.55 Å². The van der Waals surface area contributed by atoms with Gasteiger partial charge in [0.15, 0.2) is 11.2 Å². The zero-order valence-corrected chi connectivity index (χ0v) is 21.5. The molecular weight excluding hydrogens is 505 g/mol. The van der Waals surface area contributed by atoms with Crippen LogP contribution in [0, 0.1) is 5.92 Å². The van der Waals surface area contributed by atoms with E-state index >= 15 is 0 Å². The topological polar surface area (TPSA) is 181 Å². The van der Waals surface area contributed by atoms with Gasteiger partial charge in [-0.15, -0.1) is 0 Å². The number of benzene rings is 1. The van der Waals surface area contributed by atoms with Gasteiger partial charge in [-0.2, -0.15) is 4.98 Å². The molecule has 1 aliphatic heterocycles. The number of imidazole rings is 1. The first-order valence-corrected chi connectivity index (χ1v) is 13.5. The number of H-pyrrole nitrogens is 1. The normalized spacial score (nSPS) is 22.1. The predicted molar refractivity (Wildman–Crippen MR) is 133 cm³/mol. The average Bonchev–Trinajstić information content (AvgIpc) is 3.41. The van der Waals surface area contributed by atoms with Crippen LogP contribution in [-0.4, -0.2) is 61.7 Å². The molecule has 13 nitrogen and oxygen atoms in total. The number of nitrogen functional groups attached to an aromatic ring is 1. The first kappa shape index (κ1) is 26.8. The number of aliphatic hydroxyl groups is 1. The van der Waals surface area contributed by atoms with Gasteiger partial charge in [0.2, 0.25) is 5.95 Å². The van der Waals surface area contributed by atoms with Crippen LogP contribution in [0.5, 0.6) is 5.75 Å². The quantitative estimate of drug-likeness (QED) is 0.256. The summed E-state index contributed by atoms with van der Waals surface area (Å²) in [6.07, 6.45) is -1.66. The summed E-state index contributed by atoms with van der Waals surface area (Å²) in [4.78, 5) is 35.0. The Bertz CT molecular complexity index is 1340. The number of fused-ring (bicyclic) bond motifs is 1. The minimum absolute atomic E-state index is 0.0787. The van der Waals surface area contributed by atoms with E-state index in [4.69, 9.17) is 24.3 Å². The number of carbonyl (C=O) groups is 1. The molecule has 4 rings (SSSR count). The molecule has 1 aliphatic rings. The van der Waals surface area contributed by atoms with Crippen molar-refractivity contribution in [2.45, 2.75) is 51.7 Å². The monoisotopic (exact) mass is 535 g/mol. The molecule has 1 fully saturated rings.